The van der Waals surface area contributed by atoms with E-state index >= 15 is 0 Å². The van der Waals surface area contributed by atoms with E-state index in [-0.39, 0.29) is 11.9 Å². The normalized spacial score (nSPS) is 17.6. The van der Waals surface area contributed by atoms with Gasteiger partial charge in [-0.1, -0.05) is 24.3 Å². The zero-order valence-corrected chi connectivity index (χ0v) is 14.5. The zero-order valence-electron chi connectivity index (χ0n) is 14.5. The topological polar surface area (TPSA) is 36.4 Å². The number of hydrogen-bond acceptors (Lipinski definition) is 3. The minimum absolute atomic E-state index is 0.120. The number of benzene rings is 1. The Bertz CT molecular complexity index is 669. The van der Waals surface area contributed by atoms with Crippen molar-refractivity contribution in [3.63, 3.8) is 0 Å². The molecule has 0 bridgehead atoms. The highest BCUT2D eigenvalue weighted by Gasteiger charge is 2.28. The molecule has 1 aliphatic rings. The van der Waals surface area contributed by atoms with Crippen LogP contribution in [0.3, 0.4) is 0 Å². The van der Waals surface area contributed by atoms with Crippen molar-refractivity contribution in [3.05, 3.63) is 59.8 Å². The highest BCUT2D eigenvalue weighted by atomic mass is 16.2. The number of carbonyl (C=O) groups excluding carboxylic acids is 1. The summed E-state index contributed by atoms with van der Waals surface area (Å²) in [6, 6.07) is 13.9. The molecule has 1 saturated heterocycles. The number of anilines is 1. The van der Waals surface area contributed by atoms with E-state index in [1.807, 2.05) is 48.5 Å². The van der Waals surface area contributed by atoms with Crippen LogP contribution in [0.4, 0.5) is 5.82 Å². The molecule has 2 heterocycles. The Morgan fingerprint density at radius 3 is 2.67 bits per heavy atom. The summed E-state index contributed by atoms with van der Waals surface area (Å²) in [6.45, 7) is 3.85. The fourth-order valence-electron chi connectivity index (χ4n) is 3.25. The maximum Gasteiger partial charge on any atom is 0.254 e. The van der Waals surface area contributed by atoms with Crippen molar-refractivity contribution in [2.75, 3.05) is 25.0 Å². The Morgan fingerprint density at radius 1 is 1.21 bits per heavy atom. The fourth-order valence-corrected chi connectivity index (χ4v) is 3.25. The van der Waals surface area contributed by atoms with E-state index in [0.717, 1.165) is 49.3 Å². The monoisotopic (exact) mass is 323 g/mol. The number of nitrogens with zero attached hydrogens (tertiary/aromatic N) is 3. The Kier molecular flexibility index (Phi) is 5.14. The number of rotatable bonds is 4. The summed E-state index contributed by atoms with van der Waals surface area (Å²) in [5.41, 5.74) is 1.90. The van der Waals surface area contributed by atoms with Gasteiger partial charge in [0.2, 0.25) is 0 Å². The first-order valence-corrected chi connectivity index (χ1v) is 8.74. The molecule has 1 atom stereocenters. The first-order chi connectivity index (χ1) is 11.7. The highest BCUT2D eigenvalue weighted by Crippen LogP contribution is 2.32. The van der Waals surface area contributed by atoms with Gasteiger partial charge in [-0.3, -0.25) is 4.79 Å². The maximum absolute atomic E-state index is 12.9. The van der Waals surface area contributed by atoms with Gasteiger partial charge in [-0.25, -0.2) is 4.98 Å². The van der Waals surface area contributed by atoms with Crippen LogP contribution >= 0.6 is 0 Å². The second-order valence-electron chi connectivity index (χ2n) is 6.34. The Labute approximate surface area is 144 Å². The first kappa shape index (κ1) is 16.5. The molecule has 1 aliphatic heterocycles. The molecule has 126 valence electrons. The lowest BCUT2D eigenvalue weighted by atomic mass is 9.95. The van der Waals surface area contributed by atoms with Gasteiger partial charge in [0.05, 0.1) is 6.04 Å². The van der Waals surface area contributed by atoms with Crippen LogP contribution < -0.4 is 4.90 Å². The van der Waals surface area contributed by atoms with E-state index in [1.165, 1.54) is 0 Å². The van der Waals surface area contributed by atoms with Gasteiger partial charge in [0.15, 0.2) is 0 Å². The minimum Gasteiger partial charge on any atom is -0.360 e. The number of carbonyl (C=O) groups is 1. The van der Waals surface area contributed by atoms with E-state index in [9.17, 15) is 4.79 Å². The van der Waals surface area contributed by atoms with Crippen LogP contribution in [0.25, 0.3) is 0 Å². The van der Waals surface area contributed by atoms with E-state index in [4.69, 9.17) is 0 Å². The van der Waals surface area contributed by atoms with Crippen LogP contribution in [0.15, 0.2) is 48.7 Å². The molecule has 0 saturated carbocycles. The molecule has 0 radical (unpaired) electrons. The van der Waals surface area contributed by atoms with Gasteiger partial charge in [-0.2, -0.15) is 0 Å². The summed E-state index contributed by atoms with van der Waals surface area (Å²) in [4.78, 5) is 21.6. The maximum atomic E-state index is 12.9. The molecule has 1 aromatic heterocycles. The molecular formula is C20H25N3O. The van der Waals surface area contributed by atoms with E-state index < -0.39 is 0 Å². The number of likely N-dealkylation sites (tertiary alicyclic amines) is 1. The molecule has 0 spiro atoms. The number of pyridine rings is 1. The molecule has 2 aromatic rings. The zero-order chi connectivity index (χ0) is 16.9. The summed E-state index contributed by atoms with van der Waals surface area (Å²) in [6.07, 6.45) is 5.16. The molecule has 1 fully saturated rings. The Morgan fingerprint density at radius 2 is 2.00 bits per heavy atom. The largest absolute Gasteiger partial charge is 0.360 e. The van der Waals surface area contributed by atoms with Crippen LogP contribution in [0.1, 0.15) is 48.1 Å². The Balaban J connectivity index is 1.83. The van der Waals surface area contributed by atoms with Crippen LogP contribution in [-0.2, 0) is 0 Å². The summed E-state index contributed by atoms with van der Waals surface area (Å²) in [5.74, 6) is 1.09. The van der Waals surface area contributed by atoms with Crippen LogP contribution in [0.5, 0.6) is 0 Å². The fraction of sp³-hybridized carbons (Fsp3) is 0.400. The molecular weight excluding hydrogens is 298 g/mol. The molecule has 1 aromatic carbocycles. The number of aromatic nitrogens is 1. The minimum atomic E-state index is 0.120. The lowest BCUT2D eigenvalue weighted by Gasteiger charge is -2.36. The number of piperidine rings is 1. The van der Waals surface area contributed by atoms with Crippen molar-refractivity contribution in [1.29, 1.82) is 0 Å². The van der Waals surface area contributed by atoms with Crippen molar-refractivity contribution < 1.29 is 4.79 Å². The molecule has 1 amide bonds. The van der Waals surface area contributed by atoms with Crippen molar-refractivity contribution in [1.82, 2.24) is 9.88 Å². The molecule has 0 N–H and O–H groups in total. The highest BCUT2D eigenvalue weighted by molar-refractivity contribution is 5.94. The van der Waals surface area contributed by atoms with Crippen molar-refractivity contribution in [3.8, 4) is 0 Å². The van der Waals surface area contributed by atoms with Gasteiger partial charge in [-0.05, 0) is 49.9 Å². The number of hydrogen-bond donors (Lipinski definition) is 0. The van der Waals surface area contributed by atoms with Crippen LogP contribution in [0.2, 0.25) is 0 Å². The average Bonchev–Trinajstić information content (AvgIpc) is 2.67. The van der Waals surface area contributed by atoms with Crippen LogP contribution in [0, 0.1) is 0 Å². The van der Waals surface area contributed by atoms with Gasteiger partial charge in [0.1, 0.15) is 5.82 Å². The number of amides is 1. The second-order valence-corrected chi connectivity index (χ2v) is 6.34. The van der Waals surface area contributed by atoms with E-state index in [0.29, 0.717) is 0 Å². The smallest absolute Gasteiger partial charge is 0.254 e. The first-order valence-electron chi connectivity index (χ1n) is 8.74. The summed E-state index contributed by atoms with van der Waals surface area (Å²) in [5, 5.41) is 0. The molecule has 4 nitrogen and oxygen atoms in total. The average molecular weight is 323 g/mol. The van der Waals surface area contributed by atoms with Gasteiger partial charge in [0.25, 0.3) is 5.91 Å². The summed E-state index contributed by atoms with van der Waals surface area (Å²) >= 11 is 0. The standard InChI is InChI=1S/C20H25N3O/c1-3-22(2)19-13-12-17(15-21-19)18-11-7-8-14-23(18)20(24)16-9-5-4-6-10-16/h4-6,9-10,12-13,15,18H,3,7-8,11,14H2,1-2H3/t18-/m1/s1. The van der Waals surface area contributed by atoms with Crippen LogP contribution in [-0.4, -0.2) is 35.9 Å². The lowest BCUT2D eigenvalue weighted by molar-refractivity contribution is 0.0611. The quantitative estimate of drug-likeness (QED) is 0.856. The van der Waals surface area contributed by atoms with E-state index in [2.05, 4.69) is 28.9 Å². The predicted octanol–water partition coefficient (Wildman–Crippen LogP) is 3.91. The third kappa shape index (κ3) is 3.42. The van der Waals surface area contributed by atoms with E-state index in [1.54, 1.807) is 0 Å². The molecule has 0 aliphatic carbocycles. The summed E-state index contributed by atoms with van der Waals surface area (Å²) < 4.78 is 0. The predicted molar refractivity (Wildman–Crippen MR) is 97.3 cm³/mol. The van der Waals surface area contributed by atoms with Crippen molar-refractivity contribution >= 4 is 11.7 Å². The third-order valence-electron chi connectivity index (χ3n) is 4.81. The Hall–Kier alpha value is -2.36. The van der Waals surface area contributed by atoms with Crippen molar-refractivity contribution in [2.24, 2.45) is 0 Å². The van der Waals surface area contributed by atoms with Gasteiger partial charge >= 0.3 is 0 Å². The SMILES string of the molecule is CCN(C)c1ccc([C@H]2CCCCN2C(=O)c2ccccc2)cn1. The molecule has 3 rings (SSSR count). The van der Waals surface area contributed by atoms with Gasteiger partial charge in [-0.15, -0.1) is 0 Å². The second kappa shape index (κ2) is 7.47. The molecule has 0 unspecified atom stereocenters. The molecule has 4 heteroatoms. The van der Waals surface area contributed by atoms with Crippen molar-refractivity contribution in [2.45, 2.75) is 32.2 Å². The lowest BCUT2D eigenvalue weighted by Crippen LogP contribution is -2.38. The summed E-state index contributed by atoms with van der Waals surface area (Å²) in [7, 11) is 2.04. The van der Waals surface area contributed by atoms with Gasteiger partial charge < -0.3 is 9.80 Å². The molecule has 24 heavy (non-hydrogen) atoms. The third-order valence-corrected chi connectivity index (χ3v) is 4.81. The van der Waals surface area contributed by atoms with Gasteiger partial charge in [0, 0.05) is 31.9 Å².